The van der Waals surface area contributed by atoms with Crippen LogP contribution in [0.4, 0.5) is 0 Å². The van der Waals surface area contributed by atoms with Crippen molar-refractivity contribution in [3.8, 4) is 11.8 Å². The van der Waals surface area contributed by atoms with Crippen molar-refractivity contribution in [3.05, 3.63) is 29.8 Å². The molecule has 1 aromatic rings. The zero-order valence-electron chi connectivity index (χ0n) is 13.1. The lowest BCUT2D eigenvalue weighted by atomic mass is 9.86. The first-order valence-electron chi connectivity index (χ1n) is 6.78. The Balaban J connectivity index is 2.79. The Hall–Kier alpha value is -2.06. The number of nitrogens with zero attached hydrogens (tertiary/aromatic N) is 1. The molecule has 0 radical (unpaired) electrons. The minimum absolute atomic E-state index is 0.352. The van der Waals surface area contributed by atoms with E-state index in [0.717, 1.165) is 0 Å². The standard InChI is InChI=1S/C16H22N2O3/c1-11(14(19)18-15(2,3)16(4,5)20)21-13-9-7-6-8-12(13)10-17/h6-9,11,20H,1-5H3,(H,18,19). The summed E-state index contributed by atoms with van der Waals surface area (Å²) in [6.45, 7) is 8.33. The molecule has 0 heterocycles. The maximum atomic E-state index is 12.2. The Morgan fingerprint density at radius 3 is 2.43 bits per heavy atom. The quantitative estimate of drug-likeness (QED) is 0.869. The van der Waals surface area contributed by atoms with Crippen molar-refractivity contribution in [2.75, 3.05) is 0 Å². The molecule has 0 fully saturated rings. The molecule has 0 bridgehead atoms. The number of benzene rings is 1. The Morgan fingerprint density at radius 2 is 1.90 bits per heavy atom. The summed E-state index contributed by atoms with van der Waals surface area (Å²) in [5.74, 6) is 0.0126. The van der Waals surface area contributed by atoms with Crippen LogP contribution in [-0.2, 0) is 4.79 Å². The SMILES string of the molecule is CC(Oc1ccccc1C#N)C(=O)NC(C)(C)C(C)(C)O. The lowest BCUT2D eigenvalue weighted by molar-refractivity contribution is -0.132. The summed E-state index contributed by atoms with van der Waals surface area (Å²) in [6, 6.07) is 8.75. The predicted octanol–water partition coefficient (Wildman–Crippen LogP) is 1.99. The van der Waals surface area contributed by atoms with E-state index in [0.29, 0.717) is 11.3 Å². The molecule has 5 nitrogen and oxygen atoms in total. The molecular formula is C16H22N2O3. The van der Waals surface area contributed by atoms with Gasteiger partial charge in [-0.3, -0.25) is 4.79 Å². The molecule has 1 amide bonds. The summed E-state index contributed by atoms with van der Waals surface area (Å²) in [6.07, 6.45) is -0.777. The normalized spacial score (nSPS) is 13.2. The van der Waals surface area contributed by atoms with Crippen LogP contribution >= 0.6 is 0 Å². The predicted molar refractivity (Wildman–Crippen MR) is 79.8 cm³/mol. The largest absolute Gasteiger partial charge is 0.480 e. The molecule has 1 unspecified atom stereocenters. The molecule has 0 aliphatic rings. The van der Waals surface area contributed by atoms with Gasteiger partial charge in [-0.2, -0.15) is 5.26 Å². The van der Waals surface area contributed by atoms with Crippen LogP contribution in [0.15, 0.2) is 24.3 Å². The van der Waals surface area contributed by atoms with E-state index in [1.807, 2.05) is 6.07 Å². The Bertz CT molecular complexity index is 553. The molecular weight excluding hydrogens is 268 g/mol. The van der Waals surface area contributed by atoms with Crippen molar-refractivity contribution in [2.24, 2.45) is 0 Å². The number of nitriles is 1. The molecule has 114 valence electrons. The van der Waals surface area contributed by atoms with Crippen molar-refractivity contribution < 1.29 is 14.6 Å². The van der Waals surface area contributed by atoms with E-state index in [9.17, 15) is 9.90 Å². The fourth-order valence-electron chi connectivity index (χ4n) is 1.47. The number of amides is 1. The second kappa shape index (κ2) is 6.15. The van der Waals surface area contributed by atoms with Gasteiger partial charge in [0.2, 0.25) is 0 Å². The summed E-state index contributed by atoms with van der Waals surface area (Å²) in [4.78, 5) is 12.2. The molecule has 1 atom stereocenters. The fourth-order valence-corrected chi connectivity index (χ4v) is 1.47. The van der Waals surface area contributed by atoms with E-state index in [4.69, 9.17) is 10.00 Å². The molecule has 2 N–H and O–H groups in total. The highest BCUT2D eigenvalue weighted by atomic mass is 16.5. The molecule has 1 aromatic carbocycles. The van der Waals surface area contributed by atoms with Gasteiger partial charge in [-0.1, -0.05) is 12.1 Å². The average molecular weight is 290 g/mol. The Morgan fingerprint density at radius 1 is 1.33 bits per heavy atom. The van der Waals surface area contributed by atoms with Gasteiger partial charge in [0.05, 0.1) is 16.7 Å². The van der Waals surface area contributed by atoms with Crippen LogP contribution in [0.3, 0.4) is 0 Å². The van der Waals surface area contributed by atoms with Gasteiger partial charge >= 0.3 is 0 Å². The van der Waals surface area contributed by atoms with Crippen molar-refractivity contribution in [1.29, 1.82) is 5.26 Å². The maximum absolute atomic E-state index is 12.2. The van der Waals surface area contributed by atoms with E-state index in [1.54, 1.807) is 58.9 Å². The highest BCUT2D eigenvalue weighted by Crippen LogP contribution is 2.22. The minimum Gasteiger partial charge on any atom is -0.480 e. The molecule has 0 aromatic heterocycles. The van der Waals surface area contributed by atoms with E-state index < -0.39 is 17.2 Å². The fraction of sp³-hybridized carbons (Fsp3) is 0.500. The van der Waals surface area contributed by atoms with Crippen LogP contribution in [-0.4, -0.2) is 28.3 Å². The number of rotatable bonds is 5. The van der Waals surface area contributed by atoms with Gasteiger partial charge in [-0.15, -0.1) is 0 Å². The summed E-state index contributed by atoms with van der Waals surface area (Å²) in [5.41, 5.74) is -1.51. The topological polar surface area (TPSA) is 82.3 Å². The number of aliphatic hydroxyl groups is 1. The summed E-state index contributed by atoms with van der Waals surface area (Å²) < 4.78 is 5.54. The van der Waals surface area contributed by atoms with Crippen LogP contribution in [0, 0.1) is 11.3 Å². The smallest absolute Gasteiger partial charge is 0.261 e. The van der Waals surface area contributed by atoms with E-state index in [2.05, 4.69) is 5.32 Å². The summed E-state index contributed by atoms with van der Waals surface area (Å²) in [5, 5.41) is 21.8. The van der Waals surface area contributed by atoms with E-state index >= 15 is 0 Å². The van der Waals surface area contributed by atoms with E-state index in [1.165, 1.54) is 0 Å². The van der Waals surface area contributed by atoms with Crippen molar-refractivity contribution in [1.82, 2.24) is 5.32 Å². The summed E-state index contributed by atoms with van der Waals surface area (Å²) in [7, 11) is 0. The second-order valence-corrected chi connectivity index (χ2v) is 6.04. The number of hydrogen-bond acceptors (Lipinski definition) is 4. The van der Waals surface area contributed by atoms with E-state index in [-0.39, 0.29) is 5.91 Å². The molecule has 1 rings (SSSR count). The minimum atomic E-state index is -1.08. The molecule has 0 saturated carbocycles. The first-order chi connectivity index (χ1) is 9.58. The van der Waals surface area contributed by atoms with Gasteiger partial charge in [0.1, 0.15) is 11.8 Å². The van der Waals surface area contributed by atoms with Crippen molar-refractivity contribution in [2.45, 2.75) is 51.9 Å². The van der Waals surface area contributed by atoms with Crippen molar-refractivity contribution in [3.63, 3.8) is 0 Å². The Kier molecular flexibility index (Phi) is 4.97. The number of nitrogens with one attached hydrogen (secondary N) is 1. The monoisotopic (exact) mass is 290 g/mol. The first-order valence-corrected chi connectivity index (χ1v) is 6.78. The lowest BCUT2D eigenvalue weighted by Gasteiger charge is -2.38. The van der Waals surface area contributed by atoms with Crippen LogP contribution in [0.5, 0.6) is 5.75 Å². The molecule has 0 aliphatic heterocycles. The van der Waals surface area contributed by atoms with Gasteiger partial charge in [0.25, 0.3) is 5.91 Å². The number of carbonyl (C=O) groups is 1. The molecule has 0 spiro atoms. The third-order valence-electron chi connectivity index (χ3n) is 3.65. The number of hydrogen-bond donors (Lipinski definition) is 2. The van der Waals surface area contributed by atoms with Gasteiger partial charge in [-0.05, 0) is 46.8 Å². The molecule has 0 saturated heterocycles. The van der Waals surface area contributed by atoms with Crippen LogP contribution in [0.25, 0.3) is 0 Å². The molecule has 5 heteroatoms. The summed E-state index contributed by atoms with van der Waals surface area (Å²) >= 11 is 0. The third kappa shape index (κ3) is 4.20. The average Bonchev–Trinajstić information content (AvgIpc) is 2.37. The van der Waals surface area contributed by atoms with Gasteiger partial charge in [0, 0.05) is 0 Å². The van der Waals surface area contributed by atoms with Crippen molar-refractivity contribution >= 4 is 5.91 Å². The van der Waals surface area contributed by atoms with Crippen LogP contribution < -0.4 is 10.1 Å². The number of ether oxygens (including phenoxy) is 1. The van der Waals surface area contributed by atoms with Gasteiger partial charge in [-0.25, -0.2) is 0 Å². The lowest BCUT2D eigenvalue weighted by Crippen LogP contribution is -2.59. The first kappa shape index (κ1) is 17.0. The maximum Gasteiger partial charge on any atom is 0.261 e. The van der Waals surface area contributed by atoms with Crippen LogP contribution in [0.1, 0.15) is 40.2 Å². The molecule has 0 aliphatic carbocycles. The molecule has 21 heavy (non-hydrogen) atoms. The Labute approximate surface area is 125 Å². The third-order valence-corrected chi connectivity index (χ3v) is 3.65. The zero-order valence-corrected chi connectivity index (χ0v) is 13.1. The number of para-hydroxylation sites is 1. The highest BCUT2D eigenvalue weighted by Gasteiger charge is 2.37. The van der Waals surface area contributed by atoms with Gasteiger partial charge < -0.3 is 15.2 Å². The highest BCUT2D eigenvalue weighted by molar-refractivity contribution is 5.81. The van der Waals surface area contributed by atoms with Crippen LogP contribution in [0.2, 0.25) is 0 Å². The van der Waals surface area contributed by atoms with Gasteiger partial charge in [0.15, 0.2) is 6.10 Å². The zero-order chi connectivity index (χ0) is 16.3. The second-order valence-electron chi connectivity index (χ2n) is 6.04. The number of carbonyl (C=O) groups excluding carboxylic acids is 1.